The Balaban J connectivity index is 0.00000256. The van der Waals surface area contributed by atoms with E-state index in [1.165, 1.54) is 12.0 Å². The summed E-state index contributed by atoms with van der Waals surface area (Å²) in [6.45, 7) is 2.84. The number of ether oxygens (including phenoxy) is 2. The number of hydrogen-bond acceptors (Lipinski definition) is 4. The van der Waals surface area contributed by atoms with Crippen molar-refractivity contribution < 1.29 is 14.3 Å². The van der Waals surface area contributed by atoms with Gasteiger partial charge in [0.25, 0.3) is 0 Å². The summed E-state index contributed by atoms with van der Waals surface area (Å²) in [6.07, 6.45) is 3.58. The van der Waals surface area contributed by atoms with Crippen LogP contribution in [0.3, 0.4) is 0 Å². The summed E-state index contributed by atoms with van der Waals surface area (Å²) >= 11 is 0. The minimum Gasteiger partial charge on any atom is -0.493 e. The van der Waals surface area contributed by atoms with Crippen molar-refractivity contribution in [2.75, 3.05) is 33.9 Å². The van der Waals surface area contributed by atoms with E-state index in [0.717, 1.165) is 49.4 Å². The van der Waals surface area contributed by atoms with Gasteiger partial charge in [-0.25, -0.2) is 0 Å². The number of carbonyl (C=O) groups excluding carboxylic acids is 1. The predicted molar refractivity (Wildman–Crippen MR) is 121 cm³/mol. The van der Waals surface area contributed by atoms with Crippen LogP contribution in [0.5, 0.6) is 11.5 Å². The molecule has 2 unspecified atom stereocenters. The fourth-order valence-electron chi connectivity index (χ4n) is 4.64. The second kappa shape index (κ2) is 10.2. The number of nitrogens with one attached hydrogen (secondary N) is 1. The molecule has 1 fully saturated rings. The summed E-state index contributed by atoms with van der Waals surface area (Å²) in [5.41, 5.74) is 3.49. The van der Waals surface area contributed by atoms with Crippen molar-refractivity contribution in [2.24, 2.45) is 5.92 Å². The van der Waals surface area contributed by atoms with Crippen molar-refractivity contribution in [3.63, 3.8) is 0 Å². The zero-order valence-corrected chi connectivity index (χ0v) is 18.5. The van der Waals surface area contributed by atoms with Crippen LogP contribution in [0, 0.1) is 5.92 Å². The number of nitrogens with zero attached hydrogens (tertiary/aromatic N) is 1. The van der Waals surface area contributed by atoms with Crippen LogP contribution in [0.2, 0.25) is 0 Å². The van der Waals surface area contributed by atoms with E-state index in [1.807, 2.05) is 24.3 Å². The minimum atomic E-state index is -0.0889. The molecule has 0 aromatic heterocycles. The topological polar surface area (TPSA) is 50.8 Å². The van der Waals surface area contributed by atoms with E-state index in [9.17, 15) is 4.79 Å². The third-order valence-electron chi connectivity index (χ3n) is 6.24. The Bertz CT molecular complexity index is 853. The van der Waals surface area contributed by atoms with Crippen molar-refractivity contribution in [3.05, 3.63) is 59.2 Å². The summed E-state index contributed by atoms with van der Waals surface area (Å²) in [5, 5.41) is 3.40. The van der Waals surface area contributed by atoms with E-state index in [0.29, 0.717) is 18.1 Å². The number of hydrogen-bond donors (Lipinski definition) is 1. The minimum absolute atomic E-state index is 0. The monoisotopic (exact) mass is 430 g/mol. The van der Waals surface area contributed by atoms with Crippen molar-refractivity contribution in [1.29, 1.82) is 0 Å². The zero-order chi connectivity index (χ0) is 20.2. The van der Waals surface area contributed by atoms with Crippen LogP contribution >= 0.6 is 12.4 Å². The van der Waals surface area contributed by atoms with Crippen LogP contribution in [-0.4, -0.2) is 44.7 Å². The fourth-order valence-corrected chi connectivity index (χ4v) is 4.64. The highest BCUT2D eigenvalue weighted by molar-refractivity contribution is 5.85. The number of amides is 1. The Morgan fingerprint density at radius 2 is 1.87 bits per heavy atom. The van der Waals surface area contributed by atoms with Gasteiger partial charge in [0.1, 0.15) is 0 Å². The molecule has 1 N–H and O–H groups in total. The van der Waals surface area contributed by atoms with Crippen LogP contribution in [0.1, 0.15) is 42.0 Å². The Labute approximate surface area is 185 Å². The third-order valence-corrected chi connectivity index (χ3v) is 6.24. The van der Waals surface area contributed by atoms with Gasteiger partial charge in [-0.3, -0.25) is 4.79 Å². The predicted octanol–water partition coefficient (Wildman–Crippen LogP) is 3.99. The third kappa shape index (κ3) is 4.57. The maximum Gasteiger partial charge on any atom is 0.223 e. The van der Waals surface area contributed by atoms with E-state index >= 15 is 0 Å². The first-order chi connectivity index (χ1) is 14.2. The van der Waals surface area contributed by atoms with Crippen molar-refractivity contribution in [2.45, 2.75) is 31.7 Å². The van der Waals surface area contributed by atoms with E-state index in [4.69, 9.17) is 9.47 Å². The molecule has 2 atom stereocenters. The molecule has 4 rings (SSSR count). The SMILES string of the molecule is COc1cc2c(cc1OC)C(c1ccccc1)N(C(=O)CCC1CCNC1)CC2.Cl. The molecule has 1 amide bonds. The lowest BCUT2D eigenvalue weighted by Crippen LogP contribution is -2.40. The largest absolute Gasteiger partial charge is 0.493 e. The standard InChI is InChI=1S/C24H30N2O3.ClH/c1-28-21-14-19-11-13-26(23(27)9-8-17-10-12-25-16-17)24(18-6-4-3-5-7-18)20(19)15-22(21)29-2;/h3-7,14-15,17,24-25H,8-13,16H2,1-2H3;1H. The van der Waals surface area contributed by atoms with Gasteiger partial charge in [-0.05, 0) is 67.1 Å². The molecule has 162 valence electrons. The average molecular weight is 431 g/mol. The highest BCUT2D eigenvalue weighted by atomic mass is 35.5. The number of halogens is 1. The van der Waals surface area contributed by atoms with Gasteiger partial charge in [0.2, 0.25) is 5.91 Å². The lowest BCUT2D eigenvalue weighted by molar-refractivity contribution is -0.133. The van der Waals surface area contributed by atoms with Crippen molar-refractivity contribution in [1.82, 2.24) is 10.2 Å². The molecule has 5 nitrogen and oxygen atoms in total. The summed E-state index contributed by atoms with van der Waals surface area (Å²) in [7, 11) is 3.32. The van der Waals surface area contributed by atoms with Gasteiger partial charge >= 0.3 is 0 Å². The van der Waals surface area contributed by atoms with Crippen LogP contribution in [0.25, 0.3) is 0 Å². The van der Waals surface area contributed by atoms with Gasteiger partial charge in [-0.2, -0.15) is 0 Å². The molecule has 0 spiro atoms. The molecule has 2 aliphatic rings. The lowest BCUT2D eigenvalue weighted by Gasteiger charge is -2.38. The maximum absolute atomic E-state index is 13.3. The molecule has 30 heavy (non-hydrogen) atoms. The molecule has 0 aliphatic carbocycles. The Hall–Kier alpha value is -2.24. The highest BCUT2D eigenvalue weighted by Crippen LogP contribution is 2.41. The number of methoxy groups -OCH3 is 2. The van der Waals surface area contributed by atoms with Gasteiger partial charge in [0.05, 0.1) is 20.3 Å². The van der Waals surface area contributed by atoms with Gasteiger partial charge < -0.3 is 19.7 Å². The summed E-state index contributed by atoms with van der Waals surface area (Å²) < 4.78 is 11.1. The maximum atomic E-state index is 13.3. The molecule has 0 bridgehead atoms. The lowest BCUT2D eigenvalue weighted by atomic mass is 9.87. The Morgan fingerprint density at radius 3 is 2.53 bits per heavy atom. The molecule has 1 saturated heterocycles. The fraction of sp³-hybridized carbons (Fsp3) is 0.458. The Kier molecular flexibility index (Phi) is 7.62. The first kappa shape index (κ1) is 22.4. The summed E-state index contributed by atoms with van der Waals surface area (Å²) in [6, 6.07) is 14.3. The molecule has 0 saturated carbocycles. The first-order valence-corrected chi connectivity index (χ1v) is 10.5. The summed E-state index contributed by atoms with van der Waals surface area (Å²) in [4.78, 5) is 15.3. The smallest absolute Gasteiger partial charge is 0.223 e. The van der Waals surface area contributed by atoms with E-state index in [1.54, 1.807) is 14.2 Å². The van der Waals surface area contributed by atoms with Crippen molar-refractivity contribution in [3.8, 4) is 11.5 Å². The molecule has 2 aromatic rings. The molecule has 2 aromatic carbocycles. The number of rotatable bonds is 6. The Morgan fingerprint density at radius 1 is 1.13 bits per heavy atom. The molecule has 6 heteroatoms. The van der Waals surface area contributed by atoms with Gasteiger partial charge in [0, 0.05) is 13.0 Å². The molecule has 0 radical (unpaired) electrons. The zero-order valence-electron chi connectivity index (χ0n) is 17.7. The quantitative estimate of drug-likeness (QED) is 0.752. The van der Waals surface area contributed by atoms with Gasteiger partial charge in [-0.1, -0.05) is 30.3 Å². The molecule has 2 heterocycles. The van der Waals surface area contributed by atoms with Crippen LogP contribution in [0.4, 0.5) is 0 Å². The second-order valence-corrected chi connectivity index (χ2v) is 7.95. The molecular formula is C24H31ClN2O3. The molecular weight excluding hydrogens is 400 g/mol. The average Bonchev–Trinajstić information content (AvgIpc) is 3.30. The van der Waals surface area contributed by atoms with Gasteiger partial charge in [-0.15, -0.1) is 12.4 Å². The number of carbonyl (C=O) groups is 1. The number of fused-ring (bicyclic) bond motifs is 1. The highest BCUT2D eigenvalue weighted by Gasteiger charge is 2.33. The molecule has 2 aliphatic heterocycles. The van der Waals surface area contributed by atoms with Gasteiger partial charge in [0.15, 0.2) is 11.5 Å². The van der Waals surface area contributed by atoms with E-state index in [-0.39, 0.29) is 24.4 Å². The van der Waals surface area contributed by atoms with E-state index in [2.05, 4.69) is 28.4 Å². The second-order valence-electron chi connectivity index (χ2n) is 7.95. The van der Waals surface area contributed by atoms with Crippen LogP contribution in [0.15, 0.2) is 42.5 Å². The number of benzene rings is 2. The van der Waals surface area contributed by atoms with Crippen molar-refractivity contribution >= 4 is 18.3 Å². The van der Waals surface area contributed by atoms with Crippen LogP contribution < -0.4 is 14.8 Å². The summed E-state index contributed by atoms with van der Waals surface area (Å²) in [5.74, 6) is 2.31. The van der Waals surface area contributed by atoms with Crippen LogP contribution in [-0.2, 0) is 11.2 Å². The normalized spacial score (nSPS) is 20.3. The van der Waals surface area contributed by atoms with E-state index < -0.39 is 0 Å². The first-order valence-electron chi connectivity index (χ1n) is 10.5.